The Morgan fingerprint density at radius 3 is 2.46 bits per heavy atom. The summed E-state index contributed by atoms with van der Waals surface area (Å²) in [6.45, 7) is 0. The first-order valence-electron chi connectivity index (χ1n) is 3.41. The fraction of sp³-hybridized carbons (Fsp3) is 0. The Balaban J connectivity index is 3.19. The van der Waals surface area contributed by atoms with Crippen LogP contribution in [-0.2, 0) is 0 Å². The number of halogens is 1. The van der Waals surface area contributed by atoms with Crippen LogP contribution in [0.4, 0.5) is 0 Å². The Bertz CT molecular complexity index is 339. The van der Waals surface area contributed by atoms with Gasteiger partial charge in [0, 0.05) is 0 Å². The van der Waals surface area contributed by atoms with E-state index in [0.717, 1.165) is 6.07 Å². The average Bonchev–Trinajstić information content (AvgIpc) is 2.04. The third kappa shape index (κ3) is 2.21. The van der Waals surface area contributed by atoms with Crippen molar-refractivity contribution in [2.45, 2.75) is 0 Å². The van der Waals surface area contributed by atoms with Gasteiger partial charge in [-0.1, -0.05) is 17.7 Å². The quantitative estimate of drug-likeness (QED) is 0.574. The highest BCUT2D eigenvalue weighted by Crippen LogP contribution is 2.13. The van der Waals surface area contributed by atoms with Crippen LogP contribution in [0, 0.1) is 0 Å². The summed E-state index contributed by atoms with van der Waals surface area (Å²) < 4.78 is 0. The molecule has 0 saturated heterocycles. The molecular formula is C7H6BClO4. The maximum absolute atomic E-state index is 10.5. The van der Waals surface area contributed by atoms with Gasteiger partial charge in [-0.25, -0.2) is 4.79 Å². The van der Waals surface area contributed by atoms with Gasteiger partial charge in [0.1, 0.15) is 0 Å². The van der Waals surface area contributed by atoms with Crippen molar-refractivity contribution in [2.24, 2.45) is 0 Å². The van der Waals surface area contributed by atoms with Crippen LogP contribution in [0.15, 0.2) is 18.2 Å². The van der Waals surface area contributed by atoms with Crippen molar-refractivity contribution in [3.8, 4) is 0 Å². The van der Waals surface area contributed by atoms with E-state index in [1.54, 1.807) is 0 Å². The highest BCUT2D eigenvalue weighted by molar-refractivity contribution is 6.58. The van der Waals surface area contributed by atoms with Crippen LogP contribution >= 0.6 is 11.6 Å². The normalized spacial score (nSPS) is 9.77. The maximum Gasteiger partial charge on any atom is 0.488 e. The second kappa shape index (κ2) is 3.78. The van der Waals surface area contributed by atoms with Gasteiger partial charge in [0.15, 0.2) is 0 Å². The van der Waals surface area contributed by atoms with E-state index in [1.165, 1.54) is 12.1 Å². The molecule has 0 aliphatic rings. The largest absolute Gasteiger partial charge is 0.488 e. The van der Waals surface area contributed by atoms with Crippen molar-refractivity contribution in [2.75, 3.05) is 0 Å². The van der Waals surface area contributed by atoms with E-state index in [0.29, 0.717) is 0 Å². The Morgan fingerprint density at radius 2 is 2.00 bits per heavy atom. The number of carboxylic acids is 1. The van der Waals surface area contributed by atoms with Gasteiger partial charge in [-0.05, 0) is 17.6 Å². The van der Waals surface area contributed by atoms with Gasteiger partial charge in [0.25, 0.3) is 0 Å². The third-order valence-corrected chi connectivity index (χ3v) is 1.85. The van der Waals surface area contributed by atoms with Crippen LogP contribution in [0.1, 0.15) is 10.4 Å². The fourth-order valence-corrected chi connectivity index (χ4v) is 1.07. The van der Waals surface area contributed by atoms with E-state index in [1.807, 2.05) is 0 Å². The smallest absolute Gasteiger partial charge is 0.478 e. The number of aromatic carboxylic acids is 1. The molecule has 0 aliphatic carbocycles. The zero-order chi connectivity index (χ0) is 10.0. The van der Waals surface area contributed by atoms with Crippen molar-refractivity contribution in [1.82, 2.24) is 0 Å². The number of carboxylic acid groups (broad SMARTS) is 1. The lowest BCUT2D eigenvalue weighted by atomic mass is 9.79. The first-order chi connectivity index (χ1) is 6.02. The molecule has 6 heteroatoms. The predicted molar refractivity (Wildman–Crippen MR) is 48.2 cm³/mol. The van der Waals surface area contributed by atoms with E-state index in [4.69, 9.17) is 26.8 Å². The minimum Gasteiger partial charge on any atom is -0.478 e. The van der Waals surface area contributed by atoms with Crippen LogP contribution < -0.4 is 5.46 Å². The van der Waals surface area contributed by atoms with Gasteiger partial charge in [0.2, 0.25) is 0 Å². The predicted octanol–water partition coefficient (Wildman–Crippen LogP) is -0.282. The van der Waals surface area contributed by atoms with Crippen molar-refractivity contribution < 1.29 is 19.9 Å². The summed E-state index contributed by atoms with van der Waals surface area (Å²) in [6.07, 6.45) is 0. The summed E-state index contributed by atoms with van der Waals surface area (Å²) in [5, 5.41) is 26.2. The molecule has 1 rings (SSSR count). The van der Waals surface area contributed by atoms with Gasteiger partial charge >= 0.3 is 13.1 Å². The molecule has 0 saturated carbocycles. The number of rotatable bonds is 2. The Kier molecular flexibility index (Phi) is 2.92. The number of hydrogen-bond donors (Lipinski definition) is 3. The molecule has 0 spiro atoms. The average molecular weight is 200 g/mol. The summed E-state index contributed by atoms with van der Waals surface area (Å²) in [5.74, 6) is -1.20. The molecule has 1 aromatic rings. The number of hydrogen-bond acceptors (Lipinski definition) is 3. The summed E-state index contributed by atoms with van der Waals surface area (Å²) in [5.41, 5.74) is -0.0472. The standard InChI is InChI=1S/C7H6BClO4/c9-6-2-1-4(8(12)13)3-5(6)7(10)11/h1-3,12-13H,(H,10,11). The SMILES string of the molecule is O=C(O)c1cc(B(O)O)ccc1Cl. The van der Waals surface area contributed by atoms with Gasteiger partial charge in [-0.3, -0.25) is 0 Å². The van der Waals surface area contributed by atoms with Crippen LogP contribution in [0.5, 0.6) is 0 Å². The molecule has 0 radical (unpaired) electrons. The molecule has 0 bridgehead atoms. The van der Waals surface area contributed by atoms with E-state index in [-0.39, 0.29) is 16.0 Å². The molecule has 0 unspecified atom stereocenters. The molecule has 0 fully saturated rings. The molecule has 1 aromatic carbocycles. The lowest BCUT2D eigenvalue weighted by molar-refractivity contribution is 0.0697. The first-order valence-corrected chi connectivity index (χ1v) is 3.79. The van der Waals surface area contributed by atoms with Crippen LogP contribution in [0.3, 0.4) is 0 Å². The highest BCUT2D eigenvalue weighted by atomic mass is 35.5. The lowest BCUT2D eigenvalue weighted by Gasteiger charge is -2.02. The van der Waals surface area contributed by atoms with E-state index >= 15 is 0 Å². The Morgan fingerprint density at radius 1 is 1.38 bits per heavy atom. The minimum absolute atomic E-state index is 0.0666. The van der Waals surface area contributed by atoms with Crippen molar-refractivity contribution >= 4 is 30.2 Å². The molecular weight excluding hydrogens is 194 g/mol. The first kappa shape index (κ1) is 10.0. The van der Waals surface area contributed by atoms with Gasteiger partial charge in [-0.2, -0.15) is 0 Å². The lowest BCUT2D eigenvalue weighted by Crippen LogP contribution is -2.30. The third-order valence-electron chi connectivity index (χ3n) is 1.52. The molecule has 0 aliphatic heterocycles. The molecule has 68 valence electrons. The van der Waals surface area contributed by atoms with Crippen molar-refractivity contribution in [3.63, 3.8) is 0 Å². The Hall–Kier alpha value is -1.04. The number of benzene rings is 1. The van der Waals surface area contributed by atoms with Crippen LogP contribution in [-0.4, -0.2) is 28.2 Å². The zero-order valence-corrected chi connectivity index (χ0v) is 7.19. The van der Waals surface area contributed by atoms with Gasteiger partial charge in [0.05, 0.1) is 10.6 Å². The monoisotopic (exact) mass is 200 g/mol. The summed E-state index contributed by atoms with van der Waals surface area (Å²) in [7, 11) is -1.68. The molecule has 13 heavy (non-hydrogen) atoms. The second-order valence-corrected chi connectivity index (χ2v) is 2.83. The van der Waals surface area contributed by atoms with Crippen molar-refractivity contribution in [1.29, 1.82) is 0 Å². The molecule has 0 aromatic heterocycles. The van der Waals surface area contributed by atoms with Gasteiger partial charge in [-0.15, -0.1) is 0 Å². The van der Waals surface area contributed by atoms with Crippen LogP contribution in [0.25, 0.3) is 0 Å². The van der Waals surface area contributed by atoms with E-state index in [9.17, 15) is 4.79 Å². The number of carbonyl (C=O) groups is 1. The highest BCUT2D eigenvalue weighted by Gasteiger charge is 2.15. The fourth-order valence-electron chi connectivity index (χ4n) is 0.867. The molecule has 0 heterocycles. The molecule has 3 N–H and O–H groups in total. The Labute approximate surface area is 79.5 Å². The summed E-state index contributed by atoms with van der Waals surface area (Å²) in [4.78, 5) is 10.5. The summed E-state index contributed by atoms with van der Waals surface area (Å²) in [6, 6.07) is 3.77. The van der Waals surface area contributed by atoms with E-state index < -0.39 is 13.1 Å². The van der Waals surface area contributed by atoms with E-state index in [2.05, 4.69) is 0 Å². The molecule has 0 amide bonds. The topological polar surface area (TPSA) is 77.8 Å². The van der Waals surface area contributed by atoms with Gasteiger partial charge < -0.3 is 15.2 Å². The van der Waals surface area contributed by atoms with Crippen LogP contribution in [0.2, 0.25) is 5.02 Å². The minimum atomic E-state index is -1.68. The molecule has 0 atom stereocenters. The zero-order valence-electron chi connectivity index (χ0n) is 6.44. The maximum atomic E-state index is 10.5. The summed E-state index contributed by atoms with van der Waals surface area (Å²) >= 11 is 5.55. The second-order valence-electron chi connectivity index (χ2n) is 2.42. The van der Waals surface area contributed by atoms with Crippen molar-refractivity contribution in [3.05, 3.63) is 28.8 Å². The molecule has 4 nitrogen and oxygen atoms in total.